The minimum Gasteiger partial charge on any atom is -0.313 e. The van der Waals surface area contributed by atoms with Gasteiger partial charge in [-0.05, 0) is 17.7 Å². The van der Waals surface area contributed by atoms with Gasteiger partial charge in [0.25, 0.3) is 0 Å². The topological polar surface area (TPSA) is 17.3 Å². The maximum absolute atomic E-state index is 4.74. The summed E-state index contributed by atoms with van der Waals surface area (Å²) in [4.78, 5) is 5.73. The summed E-state index contributed by atoms with van der Waals surface area (Å²) in [5, 5.41) is 2.15. The monoisotopic (exact) mass is 372 g/mol. The van der Waals surface area contributed by atoms with Gasteiger partial charge in [0.2, 0.25) is 0 Å². The number of rotatable bonds is 4. The number of para-hydroxylation sites is 1. The van der Waals surface area contributed by atoms with Crippen LogP contribution in [0.3, 0.4) is 0 Å². The molecule has 0 aliphatic carbocycles. The number of aromatic nitrogens is 1. The van der Waals surface area contributed by atoms with E-state index in [4.69, 9.17) is 4.99 Å². The minimum atomic E-state index is 0. The van der Waals surface area contributed by atoms with E-state index < -0.39 is 0 Å². The Balaban J connectivity index is 0.00000176. The third-order valence-electron chi connectivity index (χ3n) is 3.16. The zero-order chi connectivity index (χ0) is 14.5. The molecule has 1 heterocycles. The predicted octanol–water partition coefficient (Wildman–Crippen LogP) is 5.21. The third-order valence-corrected chi connectivity index (χ3v) is 4.02. The summed E-state index contributed by atoms with van der Waals surface area (Å²) in [5.74, 6) is 0. The molecule has 2 nitrogen and oxygen atoms in total. The predicted molar refractivity (Wildman–Crippen MR) is 99.9 cm³/mol. The Kier molecular flexibility index (Phi) is 5.92. The standard InChI is InChI=1S/C18H16N2S.BrH/c1-2-13-20-17(15-9-5-3-6-10-15)14-21-18(20)19-16-11-7-4-8-12-16;/h2-12,14H,1,13H2;1H. The van der Waals surface area contributed by atoms with Crippen molar-refractivity contribution in [3.05, 3.63) is 83.5 Å². The Morgan fingerprint density at radius 3 is 2.27 bits per heavy atom. The van der Waals surface area contributed by atoms with Gasteiger partial charge in [0.15, 0.2) is 4.80 Å². The Morgan fingerprint density at radius 2 is 1.64 bits per heavy atom. The molecule has 0 N–H and O–H groups in total. The first-order valence-corrected chi connectivity index (χ1v) is 7.71. The molecule has 0 aliphatic rings. The maximum atomic E-state index is 4.74. The Hall–Kier alpha value is -1.91. The molecule has 0 spiro atoms. The second kappa shape index (κ2) is 7.92. The van der Waals surface area contributed by atoms with Gasteiger partial charge in [-0.3, -0.25) is 0 Å². The van der Waals surface area contributed by atoms with E-state index in [-0.39, 0.29) is 17.0 Å². The smallest absolute Gasteiger partial charge is 0.190 e. The van der Waals surface area contributed by atoms with E-state index in [2.05, 4.69) is 40.8 Å². The third kappa shape index (κ3) is 3.64. The van der Waals surface area contributed by atoms with E-state index in [1.165, 1.54) is 11.3 Å². The second-order valence-corrected chi connectivity index (χ2v) is 5.45. The number of nitrogens with zero attached hydrogens (tertiary/aromatic N) is 2. The van der Waals surface area contributed by atoms with Gasteiger partial charge in [-0.1, -0.05) is 54.6 Å². The molecule has 0 saturated carbocycles. The molecule has 4 heteroatoms. The summed E-state index contributed by atoms with van der Waals surface area (Å²) >= 11 is 1.65. The lowest BCUT2D eigenvalue weighted by atomic mass is 10.2. The van der Waals surface area contributed by atoms with E-state index in [0.29, 0.717) is 0 Å². The summed E-state index contributed by atoms with van der Waals surface area (Å²) in [6.07, 6.45) is 1.91. The zero-order valence-corrected chi connectivity index (χ0v) is 14.6. The van der Waals surface area contributed by atoms with Gasteiger partial charge < -0.3 is 4.57 Å². The molecular formula is C18H17BrN2S. The van der Waals surface area contributed by atoms with Crippen LogP contribution >= 0.6 is 28.3 Å². The summed E-state index contributed by atoms with van der Waals surface area (Å²) < 4.78 is 2.19. The lowest BCUT2D eigenvalue weighted by Crippen LogP contribution is -2.14. The second-order valence-electron chi connectivity index (χ2n) is 4.62. The molecule has 22 heavy (non-hydrogen) atoms. The first-order chi connectivity index (χ1) is 10.4. The minimum absolute atomic E-state index is 0. The largest absolute Gasteiger partial charge is 0.313 e. The van der Waals surface area contributed by atoms with Crippen LogP contribution < -0.4 is 4.80 Å². The number of halogens is 1. The van der Waals surface area contributed by atoms with Crippen molar-refractivity contribution in [2.45, 2.75) is 6.54 Å². The number of hydrogen-bond donors (Lipinski definition) is 0. The maximum Gasteiger partial charge on any atom is 0.190 e. The van der Waals surface area contributed by atoms with E-state index >= 15 is 0 Å². The van der Waals surface area contributed by atoms with Crippen molar-refractivity contribution in [1.82, 2.24) is 4.57 Å². The molecule has 0 fully saturated rings. The molecule has 0 unspecified atom stereocenters. The summed E-state index contributed by atoms with van der Waals surface area (Å²) in [7, 11) is 0. The van der Waals surface area contributed by atoms with Crippen molar-refractivity contribution >= 4 is 34.0 Å². The van der Waals surface area contributed by atoms with Crippen LogP contribution in [0.1, 0.15) is 0 Å². The van der Waals surface area contributed by atoms with Crippen molar-refractivity contribution in [2.24, 2.45) is 4.99 Å². The highest BCUT2D eigenvalue weighted by Crippen LogP contribution is 2.20. The molecule has 2 aromatic carbocycles. The highest BCUT2D eigenvalue weighted by Gasteiger charge is 2.06. The van der Waals surface area contributed by atoms with Gasteiger partial charge in [0.05, 0.1) is 11.4 Å². The van der Waals surface area contributed by atoms with Gasteiger partial charge in [-0.25, -0.2) is 4.99 Å². The molecule has 0 saturated heterocycles. The fourth-order valence-electron chi connectivity index (χ4n) is 2.18. The molecule has 0 radical (unpaired) electrons. The van der Waals surface area contributed by atoms with E-state index in [0.717, 1.165) is 17.0 Å². The van der Waals surface area contributed by atoms with Crippen molar-refractivity contribution in [2.75, 3.05) is 0 Å². The van der Waals surface area contributed by atoms with Gasteiger partial charge in [0.1, 0.15) is 0 Å². The van der Waals surface area contributed by atoms with Crippen molar-refractivity contribution < 1.29 is 0 Å². The molecule has 3 rings (SSSR count). The van der Waals surface area contributed by atoms with Crippen LogP contribution in [0.2, 0.25) is 0 Å². The van der Waals surface area contributed by atoms with Gasteiger partial charge in [0, 0.05) is 11.9 Å². The molecule has 0 aliphatic heterocycles. The Morgan fingerprint density at radius 1 is 1.00 bits per heavy atom. The van der Waals surface area contributed by atoms with Crippen LogP contribution in [0.15, 0.2) is 83.7 Å². The normalized spacial score (nSPS) is 11.0. The van der Waals surface area contributed by atoms with Crippen LogP contribution in [0, 0.1) is 0 Å². The zero-order valence-electron chi connectivity index (χ0n) is 12.1. The van der Waals surface area contributed by atoms with E-state index in [9.17, 15) is 0 Å². The number of allylic oxidation sites excluding steroid dienone is 1. The van der Waals surface area contributed by atoms with Crippen LogP contribution in [0.25, 0.3) is 11.3 Å². The van der Waals surface area contributed by atoms with Crippen molar-refractivity contribution in [1.29, 1.82) is 0 Å². The van der Waals surface area contributed by atoms with Crippen LogP contribution in [0.4, 0.5) is 5.69 Å². The van der Waals surface area contributed by atoms with Gasteiger partial charge in [-0.2, -0.15) is 0 Å². The number of hydrogen-bond acceptors (Lipinski definition) is 2. The Labute approximate surface area is 144 Å². The summed E-state index contributed by atoms with van der Waals surface area (Å²) in [5.41, 5.74) is 3.34. The quantitative estimate of drug-likeness (QED) is 0.559. The summed E-state index contributed by atoms with van der Waals surface area (Å²) in [6, 6.07) is 20.4. The van der Waals surface area contributed by atoms with Crippen LogP contribution in [-0.4, -0.2) is 4.57 Å². The number of benzene rings is 2. The van der Waals surface area contributed by atoms with Crippen LogP contribution in [0.5, 0.6) is 0 Å². The van der Waals surface area contributed by atoms with Crippen molar-refractivity contribution in [3.8, 4) is 11.3 Å². The highest BCUT2D eigenvalue weighted by molar-refractivity contribution is 8.93. The SMILES string of the molecule is Br.C=CCn1c(-c2ccccc2)csc1=Nc1ccccc1. The highest BCUT2D eigenvalue weighted by atomic mass is 79.9. The average molecular weight is 373 g/mol. The lowest BCUT2D eigenvalue weighted by molar-refractivity contribution is 0.800. The lowest BCUT2D eigenvalue weighted by Gasteiger charge is -2.06. The first kappa shape index (κ1) is 16.5. The molecular weight excluding hydrogens is 356 g/mol. The Bertz CT molecular complexity index is 789. The first-order valence-electron chi connectivity index (χ1n) is 6.83. The van der Waals surface area contributed by atoms with Gasteiger partial charge in [-0.15, -0.1) is 34.9 Å². The molecule has 112 valence electrons. The average Bonchev–Trinajstić information content (AvgIpc) is 2.92. The molecule has 3 aromatic rings. The molecule has 0 bridgehead atoms. The molecule has 1 aromatic heterocycles. The van der Waals surface area contributed by atoms with Crippen molar-refractivity contribution in [3.63, 3.8) is 0 Å². The molecule has 0 atom stereocenters. The van der Waals surface area contributed by atoms with E-state index in [1.807, 2.05) is 42.5 Å². The number of thiazole rings is 1. The van der Waals surface area contributed by atoms with Gasteiger partial charge >= 0.3 is 0 Å². The van der Waals surface area contributed by atoms with E-state index in [1.54, 1.807) is 11.3 Å². The van der Waals surface area contributed by atoms with Crippen LogP contribution in [-0.2, 0) is 6.54 Å². The summed E-state index contributed by atoms with van der Waals surface area (Å²) in [6.45, 7) is 4.61. The fraction of sp³-hybridized carbons (Fsp3) is 0.0556. The molecule has 0 amide bonds. The fourth-order valence-corrected chi connectivity index (χ4v) is 3.12.